The third-order valence-corrected chi connectivity index (χ3v) is 3.27. The van der Waals surface area contributed by atoms with Crippen LogP contribution in [0, 0.1) is 6.92 Å². The predicted molar refractivity (Wildman–Crippen MR) is 75.2 cm³/mol. The van der Waals surface area contributed by atoms with Crippen molar-refractivity contribution in [2.75, 3.05) is 20.3 Å². The molecule has 7 heteroatoms. The molecule has 0 bridgehead atoms. The summed E-state index contributed by atoms with van der Waals surface area (Å²) in [5.74, 6) is 0.764. The SMILES string of the molecule is COCCNCc1nnnn1-c1ccc(C)cc1Br. The fourth-order valence-electron chi connectivity index (χ4n) is 1.66. The van der Waals surface area contributed by atoms with Gasteiger partial charge in [-0.25, -0.2) is 0 Å². The maximum atomic E-state index is 4.98. The number of hydrogen-bond acceptors (Lipinski definition) is 5. The highest BCUT2D eigenvalue weighted by Crippen LogP contribution is 2.22. The van der Waals surface area contributed by atoms with Crippen molar-refractivity contribution in [1.29, 1.82) is 0 Å². The molecule has 1 aromatic heterocycles. The molecule has 0 spiro atoms. The van der Waals surface area contributed by atoms with Crippen molar-refractivity contribution >= 4 is 15.9 Å². The Balaban J connectivity index is 2.14. The van der Waals surface area contributed by atoms with E-state index in [1.54, 1.807) is 11.8 Å². The molecule has 0 aliphatic carbocycles. The van der Waals surface area contributed by atoms with E-state index in [4.69, 9.17) is 4.74 Å². The Kier molecular flexibility index (Phi) is 5.00. The Morgan fingerprint density at radius 3 is 3.00 bits per heavy atom. The average molecular weight is 326 g/mol. The highest BCUT2D eigenvalue weighted by Gasteiger charge is 2.10. The maximum absolute atomic E-state index is 4.98. The van der Waals surface area contributed by atoms with E-state index in [-0.39, 0.29) is 0 Å². The van der Waals surface area contributed by atoms with E-state index in [0.29, 0.717) is 13.2 Å². The quantitative estimate of drug-likeness (QED) is 0.815. The summed E-state index contributed by atoms with van der Waals surface area (Å²) in [6.45, 7) is 4.06. The Bertz CT molecular complexity index is 543. The van der Waals surface area contributed by atoms with E-state index >= 15 is 0 Å². The molecule has 19 heavy (non-hydrogen) atoms. The second-order valence-electron chi connectivity index (χ2n) is 4.13. The van der Waals surface area contributed by atoms with E-state index < -0.39 is 0 Å². The summed E-state index contributed by atoms with van der Waals surface area (Å²) in [5.41, 5.74) is 2.11. The number of methoxy groups -OCH3 is 1. The van der Waals surface area contributed by atoms with Gasteiger partial charge < -0.3 is 10.1 Å². The van der Waals surface area contributed by atoms with Gasteiger partial charge in [0.25, 0.3) is 0 Å². The average Bonchev–Trinajstić information content (AvgIpc) is 2.83. The first kappa shape index (κ1) is 14.1. The molecular weight excluding hydrogens is 310 g/mol. The van der Waals surface area contributed by atoms with Gasteiger partial charge in [-0.05, 0) is 51.0 Å². The standard InChI is InChI=1S/C12H16BrN5O/c1-9-3-4-11(10(13)7-9)18-12(15-16-17-18)8-14-5-6-19-2/h3-4,7,14H,5-6,8H2,1-2H3. The minimum atomic E-state index is 0.594. The fourth-order valence-corrected chi connectivity index (χ4v) is 2.32. The Hall–Kier alpha value is -1.31. The first-order valence-corrected chi connectivity index (χ1v) is 6.75. The normalized spacial score (nSPS) is 10.9. The molecule has 0 radical (unpaired) electrons. The number of tetrazole rings is 1. The highest BCUT2D eigenvalue weighted by molar-refractivity contribution is 9.10. The first-order chi connectivity index (χ1) is 9.22. The predicted octanol–water partition coefficient (Wildman–Crippen LogP) is 1.47. The van der Waals surface area contributed by atoms with Crippen LogP contribution >= 0.6 is 15.9 Å². The summed E-state index contributed by atoms with van der Waals surface area (Å²) in [5, 5.41) is 15.0. The molecule has 2 aromatic rings. The lowest BCUT2D eigenvalue weighted by Crippen LogP contribution is -2.21. The lowest BCUT2D eigenvalue weighted by atomic mass is 10.2. The van der Waals surface area contributed by atoms with Gasteiger partial charge in [-0.15, -0.1) is 5.10 Å². The van der Waals surface area contributed by atoms with E-state index in [2.05, 4.69) is 36.8 Å². The maximum Gasteiger partial charge on any atom is 0.170 e. The van der Waals surface area contributed by atoms with Crippen molar-refractivity contribution in [2.45, 2.75) is 13.5 Å². The summed E-state index contributed by atoms with van der Waals surface area (Å²) >= 11 is 3.54. The molecule has 1 heterocycles. The van der Waals surface area contributed by atoms with Gasteiger partial charge in [0, 0.05) is 18.1 Å². The molecule has 0 unspecified atom stereocenters. The van der Waals surface area contributed by atoms with Gasteiger partial charge in [0.2, 0.25) is 0 Å². The lowest BCUT2D eigenvalue weighted by Gasteiger charge is -2.08. The number of nitrogens with one attached hydrogen (secondary N) is 1. The number of hydrogen-bond donors (Lipinski definition) is 1. The third kappa shape index (κ3) is 3.59. The number of ether oxygens (including phenoxy) is 1. The number of rotatable bonds is 6. The van der Waals surface area contributed by atoms with E-state index in [1.165, 1.54) is 5.56 Å². The largest absolute Gasteiger partial charge is 0.383 e. The molecule has 0 aliphatic heterocycles. The van der Waals surface area contributed by atoms with Crippen LogP contribution in [0.1, 0.15) is 11.4 Å². The lowest BCUT2D eigenvalue weighted by molar-refractivity contribution is 0.199. The Morgan fingerprint density at radius 1 is 1.42 bits per heavy atom. The minimum Gasteiger partial charge on any atom is -0.383 e. The number of halogens is 1. The first-order valence-electron chi connectivity index (χ1n) is 5.96. The van der Waals surface area contributed by atoms with Gasteiger partial charge in [-0.2, -0.15) is 4.68 Å². The van der Waals surface area contributed by atoms with Gasteiger partial charge >= 0.3 is 0 Å². The molecule has 0 saturated carbocycles. The summed E-state index contributed by atoms with van der Waals surface area (Å²) in [4.78, 5) is 0. The van der Waals surface area contributed by atoms with Crippen LogP contribution in [0.5, 0.6) is 0 Å². The molecule has 2 rings (SSSR count). The zero-order valence-corrected chi connectivity index (χ0v) is 12.5. The topological polar surface area (TPSA) is 64.9 Å². The van der Waals surface area contributed by atoms with Gasteiger partial charge in [0.15, 0.2) is 5.82 Å². The smallest absolute Gasteiger partial charge is 0.170 e. The van der Waals surface area contributed by atoms with Gasteiger partial charge in [-0.3, -0.25) is 0 Å². The van der Waals surface area contributed by atoms with Crippen LogP contribution < -0.4 is 5.32 Å². The second-order valence-corrected chi connectivity index (χ2v) is 4.99. The minimum absolute atomic E-state index is 0.594. The fraction of sp³-hybridized carbons (Fsp3) is 0.417. The van der Waals surface area contributed by atoms with Crippen molar-refractivity contribution in [3.8, 4) is 5.69 Å². The van der Waals surface area contributed by atoms with E-state index in [1.807, 2.05) is 25.1 Å². The number of aryl methyl sites for hydroxylation is 1. The second kappa shape index (κ2) is 6.74. The van der Waals surface area contributed by atoms with Crippen LogP contribution in [0.2, 0.25) is 0 Å². The molecule has 1 N–H and O–H groups in total. The summed E-state index contributed by atoms with van der Waals surface area (Å²) in [6, 6.07) is 6.07. The van der Waals surface area contributed by atoms with Gasteiger partial charge in [0.05, 0.1) is 18.8 Å². The zero-order chi connectivity index (χ0) is 13.7. The monoisotopic (exact) mass is 325 g/mol. The third-order valence-electron chi connectivity index (χ3n) is 2.63. The molecule has 0 saturated heterocycles. The molecule has 0 aliphatic rings. The van der Waals surface area contributed by atoms with E-state index in [0.717, 1.165) is 22.5 Å². The molecular formula is C12H16BrN5O. The molecule has 0 amide bonds. The summed E-state index contributed by atoms with van der Waals surface area (Å²) in [7, 11) is 1.68. The van der Waals surface area contributed by atoms with Crippen LogP contribution in [-0.4, -0.2) is 40.5 Å². The number of benzene rings is 1. The van der Waals surface area contributed by atoms with Crippen LogP contribution in [0.15, 0.2) is 22.7 Å². The van der Waals surface area contributed by atoms with Gasteiger partial charge in [-0.1, -0.05) is 6.07 Å². The molecule has 102 valence electrons. The van der Waals surface area contributed by atoms with Crippen LogP contribution in [0.4, 0.5) is 0 Å². The van der Waals surface area contributed by atoms with Crippen molar-refractivity contribution in [1.82, 2.24) is 25.5 Å². The molecule has 6 nitrogen and oxygen atoms in total. The molecule has 0 fully saturated rings. The Morgan fingerprint density at radius 2 is 2.26 bits per heavy atom. The molecule has 1 aromatic carbocycles. The van der Waals surface area contributed by atoms with Crippen molar-refractivity contribution in [3.05, 3.63) is 34.1 Å². The zero-order valence-electron chi connectivity index (χ0n) is 10.9. The molecule has 0 atom stereocenters. The van der Waals surface area contributed by atoms with Crippen molar-refractivity contribution in [2.24, 2.45) is 0 Å². The van der Waals surface area contributed by atoms with Crippen LogP contribution in [-0.2, 0) is 11.3 Å². The van der Waals surface area contributed by atoms with Crippen molar-refractivity contribution < 1.29 is 4.74 Å². The Labute approximate surface area is 120 Å². The van der Waals surface area contributed by atoms with Crippen LogP contribution in [0.25, 0.3) is 5.69 Å². The van der Waals surface area contributed by atoms with Crippen LogP contribution in [0.3, 0.4) is 0 Å². The number of aromatic nitrogens is 4. The number of nitrogens with zero attached hydrogens (tertiary/aromatic N) is 4. The van der Waals surface area contributed by atoms with E-state index in [9.17, 15) is 0 Å². The summed E-state index contributed by atoms with van der Waals surface area (Å²) in [6.07, 6.45) is 0. The van der Waals surface area contributed by atoms with Crippen molar-refractivity contribution in [3.63, 3.8) is 0 Å². The van der Waals surface area contributed by atoms with Gasteiger partial charge in [0.1, 0.15) is 0 Å². The highest BCUT2D eigenvalue weighted by atomic mass is 79.9. The summed E-state index contributed by atoms with van der Waals surface area (Å²) < 4.78 is 7.68.